The molecule has 1 aliphatic carbocycles. The van der Waals surface area contributed by atoms with Crippen LogP contribution in [0.5, 0.6) is 0 Å². The topological polar surface area (TPSA) is 96.8 Å². The standard InChI is InChI=1S/C24H24ClFN6O/c25-16-8-17(26)10-19(9-16)30-21(14-3-4-14)24(33)31-18-2-1-7-32(13-18)22-15(11-27)12-29-23-20(22)5-6-28-23/h5-6,8-10,12,14,18,21,30H,1-4,7,13H2,(H,28,29)(H,31,33). The van der Waals surface area contributed by atoms with Crippen molar-refractivity contribution < 1.29 is 9.18 Å². The fraction of sp³-hybridized carbons (Fsp3) is 0.375. The van der Waals surface area contributed by atoms with Crippen LogP contribution in [0.4, 0.5) is 15.8 Å². The molecule has 2 aromatic heterocycles. The average Bonchev–Trinajstić information content (AvgIpc) is 3.52. The van der Waals surface area contributed by atoms with Crippen LogP contribution < -0.4 is 15.5 Å². The minimum atomic E-state index is -0.440. The van der Waals surface area contributed by atoms with Crippen LogP contribution in [-0.4, -0.2) is 41.0 Å². The van der Waals surface area contributed by atoms with Gasteiger partial charge >= 0.3 is 0 Å². The molecule has 170 valence electrons. The largest absolute Gasteiger partial charge is 0.373 e. The highest BCUT2D eigenvalue weighted by Gasteiger charge is 2.37. The van der Waals surface area contributed by atoms with Crippen LogP contribution >= 0.6 is 11.6 Å². The van der Waals surface area contributed by atoms with Crippen LogP contribution in [0.3, 0.4) is 0 Å². The zero-order chi connectivity index (χ0) is 22.9. The van der Waals surface area contributed by atoms with E-state index in [2.05, 4.69) is 31.6 Å². The van der Waals surface area contributed by atoms with Crippen molar-refractivity contribution in [3.05, 3.63) is 53.1 Å². The van der Waals surface area contributed by atoms with Gasteiger partial charge in [0.05, 0.1) is 11.3 Å². The van der Waals surface area contributed by atoms with E-state index in [0.29, 0.717) is 17.8 Å². The lowest BCUT2D eigenvalue weighted by atomic mass is 10.0. The Morgan fingerprint density at radius 3 is 2.94 bits per heavy atom. The number of carbonyl (C=O) groups excluding carboxylic acids is 1. The fourth-order valence-corrected chi connectivity index (χ4v) is 4.87. The van der Waals surface area contributed by atoms with Crippen molar-refractivity contribution in [3.63, 3.8) is 0 Å². The number of nitrogens with zero attached hydrogens (tertiary/aromatic N) is 3. The SMILES string of the molecule is N#Cc1cnc2[nH]ccc2c1N1CCCC(NC(=O)C(Nc2cc(F)cc(Cl)c2)C2CC2)C1. The molecule has 2 fully saturated rings. The number of aromatic nitrogens is 2. The Kier molecular flexibility index (Phi) is 5.81. The lowest BCUT2D eigenvalue weighted by Gasteiger charge is -2.36. The Labute approximate surface area is 195 Å². The van der Waals surface area contributed by atoms with Gasteiger partial charge < -0.3 is 20.5 Å². The summed E-state index contributed by atoms with van der Waals surface area (Å²) in [6, 6.07) is 7.91. The van der Waals surface area contributed by atoms with Crippen molar-refractivity contribution in [3.8, 4) is 6.07 Å². The summed E-state index contributed by atoms with van der Waals surface area (Å²) in [5, 5.41) is 17.2. The Hall–Kier alpha value is -3.31. The molecule has 1 saturated heterocycles. The minimum Gasteiger partial charge on any atom is -0.373 e. The van der Waals surface area contributed by atoms with Gasteiger partial charge in [0, 0.05) is 47.6 Å². The number of hydrogen-bond donors (Lipinski definition) is 3. The molecule has 33 heavy (non-hydrogen) atoms. The molecule has 7 nitrogen and oxygen atoms in total. The second-order valence-corrected chi connectivity index (χ2v) is 9.22. The zero-order valence-electron chi connectivity index (χ0n) is 17.9. The Balaban J connectivity index is 1.32. The summed E-state index contributed by atoms with van der Waals surface area (Å²) in [7, 11) is 0. The van der Waals surface area contributed by atoms with Crippen molar-refractivity contribution in [2.45, 2.75) is 37.8 Å². The van der Waals surface area contributed by atoms with Gasteiger partial charge in [0.25, 0.3) is 0 Å². The van der Waals surface area contributed by atoms with Gasteiger partial charge in [0.1, 0.15) is 23.6 Å². The smallest absolute Gasteiger partial charge is 0.243 e. The summed E-state index contributed by atoms with van der Waals surface area (Å²) >= 11 is 5.98. The van der Waals surface area contributed by atoms with Crippen LogP contribution in [0.25, 0.3) is 11.0 Å². The van der Waals surface area contributed by atoms with E-state index in [9.17, 15) is 14.4 Å². The van der Waals surface area contributed by atoms with Gasteiger partial charge in [-0.05, 0) is 55.9 Å². The van der Waals surface area contributed by atoms with E-state index < -0.39 is 11.9 Å². The first-order valence-electron chi connectivity index (χ1n) is 11.2. The number of hydrogen-bond acceptors (Lipinski definition) is 5. The molecule has 1 aliphatic heterocycles. The Bertz CT molecular complexity index is 1210. The summed E-state index contributed by atoms with van der Waals surface area (Å²) in [4.78, 5) is 22.8. The molecule has 2 aliphatic rings. The molecule has 0 bridgehead atoms. The van der Waals surface area contributed by atoms with Crippen molar-refractivity contribution >= 4 is 39.9 Å². The third-order valence-electron chi connectivity index (χ3n) is 6.32. The van der Waals surface area contributed by atoms with Gasteiger partial charge in [-0.25, -0.2) is 9.37 Å². The van der Waals surface area contributed by atoms with E-state index >= 15 is 0 Å². The number of carbonyl (C=O) groups is 1. The lowest BCUT2D eigenvalue weighted by molar-refractivity contribution is -0.123. The molecule has 2 atom stereocenters. The third kappa shape index (κ3) is 4.60. The Morgan fingerprint density at radius 2 is 2.18 bits per heavy atom. The molecule has 3 N–H and O–H groups in total. The number of nitriles is 1. The van der Waals surface area contributed by atoms with Crippen LogP contribution in [0.2, 0.25) is 5.02 Å². The van der Waals surface area contributed by atoms with Crippen molar-refractivity contribution in [1.29, 1.82) is 5.26 Å². The molecule has 9 heteroatoms. The molecule has 1 saturated carbocycles. The molecule has 0 spiro atoms. The number of halogens is 2. The number of pyridine rings is 1. The summed E-state index contributed by atoms with van der Waals surface area (Å²) in [6.07, 6.45) is 7.07. The van der Waals surface area contributed by atoms with Crippen LogP contribution in [-0.2, 0) is 4.79 Å². The molecule has 0 radical (unpaired) electrons. The van der Waals surface area contributed by atoms with Gasteiger partial charge in [0.2, 0.25) is 5.91 Å². The van der Waals surface area contributed by atoms with Crippen LogP contribution in [0, 0.1) is 23.1 Å². The maximum absolute atomic E-state index is 13.8. The first kappa shape index (κ1) is 21.5. The molecule has 2 unspecified atom stereocenters. The fourth-order valence-electron chi connectivity index (χ4n) is 4.65. The van der Waals surface area contributed by atoms with E-state index in [1.54, 1.807) is 12.3 Å². The summed E-state index contributed by atoms with van der Waals surface area (Å²) < 4.78 is 13.8. The van der Waals surface area contributed by atoms with E-state index in [0.717, 1.165) is 48.9 Å². The normalized spacial score (nSPS) is 19.2. The number of H-pyrrole nitrogens is 1. The van der Waals surface area contributed by atoms with Crippen molar-refractivity contribution in [1.82, 2.24) is 15.3 Å². The third-order valence-corrected chi connectivity index (χ3v) is 6.54. The van der Waals surface area contributed by atoms with Crippen LogP contribution in [0.15, 0.2) is 36.7 Å². The number of benzene rings is 1. The first-order valence-corrected chi connectivity index (χ1v) is 11.5. The Morgan fingerprint density at radius 1 is 1.33 bits per heavy atom. The number of rotatable bonds is 6. The summed E-state index contributed by atoms with van der Waals surface area (Å²) in [6.45, 7) is 1.41. The van der Waals surface area contributed by atoms with E-state index in [-0.39, 0.29) is 22.9 Å². The highest BCUT2D eigenvalue weighted by atomic mass is 35.5. The lowest BCUT2D eigenvalue weighted by Crippen LogP contribution is -2.52. The van der Waals surface area contributed by atoms with E-state index in [1.165, 1.54) is 12.1 Å². The predicted molar refractivity (Wildman–Crippen MR) is 126 cm³/mol. The number of nitrogens with one attached hydrogen (secondary N) is 3. The van der Waals surface area contributed by atoms with Gasteiger partial charge in [-0.15, -0.1) is 0 Å². The highest BCUT2D eigenvalue weighted by Crippen LogP contribution is 2.35. The summed E-state index contributed by atoms with van der Waals surface area (Å²) in [5.74, 6) is -0.312. The monoisotopic (exact) mass is 466 g/mol. The van der Waals surface area contributed by atoms with E-state index in [1.807, 2.05) is 12.3 Å². The van der Waals surface area contributed by atoms with Gasteiger partial charge in [-0.1, -0.05) is 11.6 Å². The van der Waals surface area contributed by atoms with Gasteiger partial charge in [-0.2, -0.15) is 5.26 Å². The molecule has 5 rings (SSSR count). The van der Waals surface area contributed by atoms with Gasteiger partial charge in [-0.3, -0.25) is 4.79 Å². The number of anilines is 2. The molecule has 3 aromatic rings. The highest BCUT2D eigenvalue weighted by molar-refractivity contribution is 6.30. The predicted octanol–water partition coefficient (Wildman–Crippen LogP) is 4.20. The maximum Gasteiger partial charge on any atom is 0.243 e. The average molecular weight is 467 g/mol. The van der Waals surface area contributed by atoms with Gasteiger partial charge in [0.15, 0.2) is 0 Å². The second kappa shape index (κ2) is 8.91. The molecule has 1 amide bonds. The first-order chi connectivity index (χ1) is 16.0. The van der Waals surface area contributed by atoms with Crippen molar-refractivity contribution in [2.75, 3.05) is 23.3 Å². The zero-order valence-corrected chi connectivity index (χ0v) is 18.7. The number of amides is 1. The minimum absolute atomic E-state index is 0.0564. The molecule has 1 aromatic carbocycles. The maximum atomic E-state index is 13.8. The number of aromatic amines is 1. The molecular formula is C24H24ClFN6O. The van der Waals surface area contributed by atoms with Crippen molar-refractivity contribution in [2.24, 2.45) is 5.92 Å². The molecular weight excluding hydrogens is 443 g/mol. The van der Waals surface area contributed by atoms with E-state index in [4.69, 9.17) is 11.6 Å². The quantitative estimate of drug-likeness (QED) is 0.506. The second-order valence-electron chi connectivity index (χ2n) is 8.78. The van der Waals surface area contributed by atoms with Crippen LogP contribution in [0.1, 0.15) is 31.2 Å². The summed E-state index contributed by atoms with van der Waals surface area (Å²) in [5.41, 5.74) is 2.62. The number of piperidine rings is 1. The number of fused-ring (bicyclic) bond motifs is 1. The molecule has 3 heterocycles.